The zero-order valence-corrected chi connectivity index (χ0v) is 9.78. The van der Waals surface area contributed by atoms with Gasteiger partial charge >= 0.3 is 0 Å². The van der Waals surface area contributed by atoms with Crippen LogP contribution in [0.15, 0.2) is 23.4 Å². The summed E-state index contributed by atoms with van der Waals surface area (Å²) in [6.07, 6.45) is 8.56. The lowest BCUT2D eigenvalue weighted by Crippen LogP contribution is -2.49. The Morgan fingerprint density at radius 3 is 2.21 bits per heavy atom. The summed E-state index contributed by atoms with van der Waals surface area (Å²) >= 11 is 0. The van der Waals surface area contributed by atoms with Crippen molar-refractivity contribution in [2.24, 2.45) is 5.41 Å². The quantitative estimate of drug-likeness (QED) is 0.705. The van der Waals surface area contributed by atoms with E-state index in [2.05, 4.69) is 45.2 Å². The fraction of sp³-hybridized carbons (Fsp3) is 0.692. The molecule has 2 aliphatic carbocycles. The summed E-state index contributed by atoms with van der Waals surface area (Å²) in [4.78, 5) is 0. The lowest BCUT2D eigenvalue weighted by Gasteiger charge is -2.43. The Morgan fingerprint density at radius 1 is 1.21 bits per heavy atom. The van der Waals surface area contributed by atoms with E-state index in [0.29, 0.717) is 5.54 Å². The van der Waals surface area contributed by atoms with Crippen LogP contribution in [0.1, 0.15) is 47.0 Å². The number of hydrogen-bond acceptors (Lipinski definition) is 1. The van der Waals surface area contributed by atoms with Crippen molar-refractivity contribution >= 4 is 0 Å². The molecule has 2 rings (SSSR count). The van der Waals surface area contributed by atoms with E-state index in [1.165, 1.54) is 30.5 Å². The average molecular weight is 191 g/mol. The van der Waals surface area contributed by atoms with E-state index >= 15 is 0 Å². The van der Waals surface area contributed by atoms with Gasteiger partial charge in [0.2, 0.25) is 0 Å². The third-order valence-electron chi connectivity index (χ3n) is 3.67. The van der Waals surface area contributed by atoms with Gasteiger partial charge < -0.3 is 5.32 Å². The Kier molecular flexibility index (Phi) is 2.02. The lowest BCUT2D eigenvalue weighted by molar-refractivity contribution is 0.215. The van der Waals surface area contributed by atoms with Crippen LogP contribution in [0, 0.1) is 5.41 Å². The fourth-order valence-corrected chi connectivity index (χ4v) is 2.40. The molecule has 78 valence electrons. The number of allylic oxidation sites excluding steroid dienone is 3. The van der Waals surface area contributed by atoms with Crippen LogP contribution in [0.5, 0.6) is 0 Å². The van der Waals surface area contributed by atoms with E-state index in [-0.39, 0.29) is 5.41 Å². The van der Waals surface area contributed by atoms with Crippen molar-refractivity contribution in [2.45, 2.75) is 52.5 Å². The van der Waals surface area contributed by atoms with Crippen molar-refractivity contribution in [2.75, 3.05) is 0 Å². The van der Waals surface area contributed by atoms with Crippen LogP contribution in [0.2, 0.25) is 0 Å². The molecule has 0 atom stereocenters. The maximum absolute atomic E-state index is 3.75. The molecular formula is C13H21N. The Morgan fingerprint density at radius 2 is 1.86 bits per heavy atom. The largest absolute Gasteiger partial charge is 0.382 e. The van der Waals surface area contributed by atoms with Crippen LogP contribution >= 0.6 is 0 Å². The summed E-state index contributed by atoms with van der Waals surface area (Å²) in [6.45, 7) is 9.11. The second-order valence-corrected chi connectivity index (χ2v) is 5.65. The van der Waals surface area contributed by atoms with Gasteiger partial charge in [0.25, 0.3) is 0 Å². The molecule has 2 aliphatic rings. The molecule has 1 fully saturated rings. The van der Waals surface area contributed by atoms with E-state index in [1.807, 2.05) is 0 Å². The SMILES string of the molecule is CC1=C(NC2(C)CCC2)C(C)(C)C=C1. The Bertz CT molecular complexity index is 303. The van der Waals surface area contributed by atoms with Crippen molar-refractivity contribution in [3.05, 3.63) is 23.4 Å². The highest BCUT2D eigenvalue weighted by molar-refractivity contribution is 5.39. The summed E-state index contributed by atoms with van der Waals surface area (Å²) < 4.78 is 0. The third-order valence-corrected chi connectivity index (χ3v) is 3.67. The molecule has 1 nitrogen and oxygen atoms in total. The van der Waals surface area contributed by atoms with E-state index in [9.17, 15) is 0 Å². The Hall–Kier alpha value is -0.720. The summed E-state index contributed by atoms with van der Waals surface area (Å²) in [5.74, 6) is 0. The molecule has 0 amide bonds. The van der Waals surface area contributed by atoms with Gasteiger partial charge in [0.15, 0.2) is 0 Å². The van der Waals surface area contributed by atoms with Crippen molar-refractivity contribution in [3.63, 3.8) is 0 Å². The maximum atomic E-state index is 3.75. The summed E-state index contributed by atoms with van der Waals surface area (Å²) in [5.41, 5.74) is 3.42. The standard InChI is InChI=1S/C13H21N/c1-10-6-9-12(2,3)11(10)14-13(4)7-5-8-13/h6,9,14H,5,7-8H2,1-4H3. The molecule has 14 heavy (non-hydrogen) atoms. The molecule has 0 heterocycles. The smallest absolute Gasteiger partial charge is 0.0343 e. The number of nitrogens with one attached hydrogen (secondary N) is 1. The van der Waals surface area contributed by atoms with Crippen molar-refractivity contribution in [1.29, 1.82) is 0 Å². The first-order valence-electron chi connectivity index (χ1n) is 5.62. The van der Waals surface area contributed by atoms with Crippen molar-refractivity contribution < 1.29 is 0 Å². The van der Waals surface area contributed by atoms with Gasteiger partial charge in [0, 0.05) is 16.7 Å². The van der Waals surface area contributed by atoms with Gasteiger partial charge in [-0.1, -0.05) is 26.0 Å². The zero-order valence-electron chi connectivity index (χ0n) is 9.78. The van der Waals surface area contributed by atoms with Crippen molar-refractivity contribution in [3.8, 4) is 0 Å². The highest BCUT2D eigenvalue weighted by Crippen LogP contribution is 2.39. The minimum Gasteiger partial charge on any atom is -0.382 e. The molecule has 0 bridgehead atoms. The van der Waals surface area contributed by atoms with Crippen LogP contribution in [0.25, 0.3) is 0 Å². The average Bonchev–Trinajstić information content (AvgIpc) is 2.29. The Labute approximate surface area is 87.3 Å². The molecule has 1 heteroatoms. The first-order chi connectivity index (χ1) is 6.43. The molecular weight excluding hydrogens is 170 g/mol. The van der Waals surface area contributed by atoms with Crippen molar-refractivity contribution in [1.82, 2.24) is 5.32 Å². The van der Waals surface area contributed by atoms with E-state index < -0.39 is 0 Å². The first kappa shape index (κ1) is 9.82. The van der Waals surface area contributed by atoms with Gasteiger partial charge in [-0.2, -0.15) is 0 Å². The van der Waals surface area contributed by atoms with Crippen LogP contribution in [-0.2, 0) is 0 Å². The van der Waals surface area contributed by atoms with Crippen LogP contribution in [0.3, 0.4) is 0 Å². The molecule has 0 aromatic carbocycles. The third kappa shape index (κ3) is 1.49. The van der Waals surface area contributed by atoms with Gasteiger partial charge in [-0.05, 0) is 38.7 Å². The van der Waals surface area contributed by atoms with E-state index in [4.69, 9.17) is 0 Å². The van der Waals surface area contributed by atoms with Crippen LogP contribution in [0.4, 0.5) is 0 Å². The molecule has 0 spiro atoms. The van der Waals surface area contributed by atoms with Gasteiger partial charge in [-0.15, -0.1) is 0 Å². The predicted molar refractivity (Wildman–Crippen MR) is 61.0 cm³/mol. The lowest BCUT2D eigenvalue weighted by atomic mass is 9.77. The van der Waals surface area contributed by atoms with Gasteiger partial charge in [0.05, 0.1) is 0 Å². The molecule has 1 saturated carbocycles. The highest BCUT2D eigenvalue weighted by Gasteiger charge is 2.36. The van der Waals surface area contributed by atoms with Gasteiger partial charge in [0.1, 0.15) is 0 Å². The minimum atomic E-state index is 0.211. The molecule has 0 aromatic rings. The summed E-state index contributed by atoms with van der Waals surface area (Å²) in [7, 11) is 0. The predicted octanol–water partition coefficient (Wildman–Crippen LogP) is 3.39. The molecule has 1 N–H and O–H groups in total. The molecule has 0 unspecified atom stereocenters. The van der Waals surface area contributed by atoms with Crippen LogP contribution < -0.4 is 5.32 Å². The second kappa shape index (κ2) is 2.88. The van der Waals surface area contributed by atoms with E-state index in [0.717, 1.165) is 0 Å². The zero-order chi connectivity index (χ0) is 10.4. The maximum Gasteiger partial charge on any atom is 0.0343 e. The molecule has 0 saturated heterocycles. The first-order valence-corrected chi connectivity index (χ1v) is 5.62. The molecule has 0 radical (unpaired) electrons. The topological polar surface area (TPSA) is 12.0 Å². The minimum absolute atomic E-state index is 0.211. The van der Waals surface area contributed by atoms with Crippen LogP contribution in [-0.4, -0.2) is 5.54 Å². The second-order valence-electron chi connectivity index (χ2n) is 5.65. The molecule has 0 aromatic heterocycles. The number of rotatable bonds is 2. The normalized spacial score (nSPS) is 27.7. The van der Waals surface area contributed by atoms with Gasteiger partial charge in [-0.3, -0.25) is 0 Å². The number of hydrogen-bond donors (Lipinski definition) is 1. The summed E-state index contributed by atoms with van der Waals surface area (Å²) in [6, 6.07) is 0. The highest BCUT2D eigenvalue weighted by atomic mass is 15.0. The van der Waals surface area contributed by atoms with E-state index in [1.54, 1.807) is 0 Å². The summed E-state index contributed by atoms with van der Waals surface area (Å²) in [5, 5.41) is 3.75. The Balaban J connectivity index is 2.15. The monoisotopic (exact) mass is 191 g/mol. The molecule has 0 aliphatic heterocycles. The van der Waals surface area contributed by atoms with Gasteiger partial charge in [-0.25, -0.2) is 0 Å². The fourth-order valence-electron chi connectivity index (χ4n) is 2.40.